The van der Waals surface area contributed by atoms with Gasteiger partial charge in [0.2, 0.25) is 0 Å². The minimum Gasteiger partial charge on any atom is -0.481 e. The second-order valence-electron chi connectivity index (χ2n) is 9.36. The summed E-state index contributed by atoms with van der Waals surface area (Å²) in [6.07, 6.45) is 5.68. The van der Waals surface area contributed by atoms with E-state index in [1.54, 1.807) is 25.5 Å². The monoisotopic (exact) mass is 508 g/mol. The van der Waals surface area contributed by atoms with Crippen molar-refractivity contribution in [1.82, 2.24) is 14.7 Å². The molecule has 0 radical (unpaired) electrons. The Morgan fingerprint density at radius 3 is 2.69 bits per heavy atom. The van der Waals surface area contributed by atoms with E-state index in [4.69, 9.17) is 30.6 Å². The van der Waals surface area contributed by atoms with Gasteiger partial charge >= 0.3 is 0 Å². The molecule has 1 fully saturated rings. The standard InChI is InChI=1S/C27H26ClFN4O3/c1-15-26(16(2)36-31-15)17-4-7-24-23(10-17)30-27(33(24)19-11-20(12-19)34-3)25-8-9-35-14-32(25)18-5-6-21(28)22(29)13-18/h4-10,13,19-20,25H,11-12,14H2,1-3H3/t19?,20?,25-/m0/s1. The van der Waals surface area contributed by atoms with E-state index in [-0.39, 0.29) is 29.9 Å². The summed E-state index contributed by atoms with van der Waals surface area (Å²) in [7, 11) is 1.75. The molecule has 1 aliphatic carbocycles. The molecule has 6 rings (SSSR count). The predicted molar refractivity (Wildman–Crippen MR) is 135 cm³/mol. The van der Waals surface area contributed by atoms with Crippen molar-refractivity contribution < 1.29 is 18.4 Å². The highest BCUT2D eigenvalue weighted by Crippen LogP contribution is 2.42. The van der Waals surface area contributed by atoms with E-state index in [0.717, 1.165) is 52.3 Å². The predicted octanol–water partition coefficient (Wildman–Crippen LogP) is 6.50. The highest BCUT2D eigenvalue weighted by Gasteiger charge is 2.36. The largest absolute Gasteiger partial charge is 0.481 e. The molecule has 7 nitrogen and oxygen atoms in total. The van der Waals surface area contributed by atoms with Gasteiger partial charge < -0.3 is 23.5 Å². The quantitative estimate of drug-likeness (QED) is 0.306. The second-order valence-corrected chi connectivity index (χ2v) is 9.77. The number of ether oxygens (including phenoxy) is 2. The van der Waals surface area contributed by atoms with E-state index in [1.165, 1.54) is 6.07 Å². The van der Waals surface area contributed by atoms with Crippen LogP contribution in [0.4, 0.5) is 10.1 Å². The van der Waals surface area contributed by atoms with Crippen LogP contribution in [0.3, 0.4) is 0 Å². The fourth-order valence-corrected chi connectivity index (χ4v) is 5.38. The molecule has 0 saturated heterocycles. The summed E-state index contributed by atoms with van der Waals surface area (Å²) in [6.45, 7) is 4.12. The fourth-order valence-electron chi connectivity index (χ4n) is 5.26. The molecular weight excluding hydrogens is 483 g/mol. The Bertz CT molecular complexity index is 1450. The summed E-state index contributed by atoms with van der Waals surface area (Å²) in [5, 5.41) is 4.20. The normalized spacial score (nSPS) is 21.6. The van der Waals surface area contributed by atoms with E-state index in [1.807, 2.05) is 24.8 Å². The van der Waals surface area contributed by atoms with E-state index >= 15 is 0 Å². The Labute approximate surface area is 213 Å². The molecule has 1 atom stereocenters. The van der Waals surface area contributed by atoms with Crippen molar-refractivity contribution in [2.24, 2.45) is 0 Å². The summed E-state index contributed by atoms with van der Waals surface area (Å²) in [5.74, 6) is 1.18. The number of benzene rings is 2. The lowest BCUT2D eigenvalue weighted by Crippen LogP contribution is -2.37. The molecule has 0 amide bonds. The van der Waals surface area contributed by atoms with E-state index in [0.29, 0.717) is 5.69 Å². The van der Waals surface area contributed by atoms with Crippen molar-refractivity contribution in [3.8, 4) is 11.1 Å². The zero-order chi connectivity index (χ0) is 25.0. The van der Waals surface area contributed by atoms with Gasteiger partial charge in [-0.15, -0.1) is 0 Å². The van der Waals surface area contributed by atoms with Gasteiger partial charge in [-0.3, -0.25) is 0 Å². The molecule has 36 heavy (non-hydrogen) atoms. The molecule has 1 saturated carbocycles. The van der Waals surface area contributed by atoms with Gasteiger partial charge in [0.25, 0.3) is 0 Å². The van der Waals surface area contributed by atoms with Crippen molar-refractivity contribution in [2.75, 3.05) is 18.7 Å². The summed E-state index contributed by atoms with van der Waals surface area (Å²) < 4.78 is 33.3. The van der Waals surface area contributed by atoms with E-state index in [2.05, 4.69) is 27.9 Å². The molecule has 0 bridgehead atoms. The van der Waals surface area contributed by atoms with E-state index < -0.39 is 5.82 Å². The molecule has 3 heterocycles. The van der Waals surface area contributed by atoms with Crippen molar-refractivity contribution in [3.05, 3.63) is 76.9 Å². The Balaban J connectivity index is 1.49. The number of fused-ring (bicyclic) bond motifs is 1. The van der Waals surface area contributed by atoms with Gasteiger partial charge in [-0.25, -0.2) is 9.37 Å². The lowest BCUT2D eigenvalue weighted by atomic mass is 9.88. The molecule has 0 unspecified atom stereocenters. The summed E-state index contributed by atoms with van der Waals surface area (Å²) in [5.41, 5.74) is 5.44. The zero-order valence-corrected chi connectivity index (χ0v) is 21.0. The average molecular weight is 509 g/mol. The number of halogens is 2. The number of hydrogen-bond acceptors (Lipinski definition) is 6. The molecule has 186 valence electrons. The van der Waals surface area contributed by atoms with Crippen LogP contribution in [-0.2, 0) is 9.47 Å². The lowest BCUT2D eigenvalue weighted by molar-refractivity contribution is 0.00631. The maximum Gasteiger partial charge on any atom is 0.161 e. The molecular formula is C27H26ClFN4O3. The number of methoxy groups -OCH3 is 1. The lowest BCUT2D eigenvalue weighted by Gasteiger charge is -2.39. The average Bonchev–Trinajstić information content (AvgIpc) is 3.39. The first-order chi connectivity index (χ1) is 17.4. The van der Waals surface area contributed by atoms with Crippen LogP contribution in [0.15, 0.2) is 53.3 Å². The number of anilines is 1. The van der Waals surface area contributed by atoms with Gasteiger partial charge in [0.15, 0.2) is 6.73 Å². The number of aryl methyl sites for hydroxylation is 2. The Morgan fingerprint density at radius 2 is 1.97 bits per heavy atom. The first-order valence-electron chi connectivity index (χ1n) is 11.9. The van der Waals surface area contributed by atoms with Crippen LogP contribution in [0, 0.1) is 19.7 Å². The van der Waals surface area contributed by atoms with Gasteiger partial charge in [-0.1, -0.05) is 22.8 Å². The third kappa shape index (κ3) is 3.76. The zero-order valence-electron chi connectivity index (χ0n) is 20.2. The molecule has 4 aromatic rings. The number of nitrogens with zero attached hydrogens (tertiary/aromatic N) is 4. The SMILES string of the molecule is COC1CC(n2c([C@@H]3C=COCN3c3ccc(Cl)c(F)c3)nc3cc(-c4c(C)noc4C)ccc32)C1. The summed E-state index contributed by atoms with van der Waals surface area (Å²) in [6, 6.07) is 11.1. The van der Waals surface area contributed by atoms with Crippen LogP contribution in [0.5, 0.6) is 0 Å². The smallest absolute Gasteiger partial charge is 0.161 e. The topological polar surface area (TPSA) is 65.6 Å². The molecule has 2 aromatic heterocycles. The Kier molecular flexibility index (Phi) is 5.73. The Hall–Kier alpha value is -3.36. The summed E-state index contributed by atoms with van der Waals surface area (Å²) >= 11 is 5.95. The van der Waals surface area contributed by atoms with Gasteiger partial charge in [-0.2, -0.15) is 0 Å². The second kappa shape index (κ2) is 8.94. The van der Waals surface area contributed by atoms with Crippen LogP contribution >= 0.6 is 11.6 Å². The molecule has 0 N–H and O–H groups in total. The van der Waals surface area contributed by atoms with Crippen LogP contribution in [0.2, 0.25) is 5.02 Å². The molecule has 9 heteroatoms. The summed E-state index contributed by atoms with van der Waals surface area (Å²) in [4.78, 5) is 7.12. The van der Waals surface area contributed by atoms with Crippen LogP contribution in [0.25, 0.3) is 22.2 Å². The minimum atomic E-state index is -0.470. The maximum atomic E-state index is 14.4. The van der Waals surface area contributed by atoms with Gasteiger partial charge in [0.05, 0.1) is 34.1 Å². The number of imidazole rings is 1. The third-order valence-corrected chi connectivity index (χ3v) is 7.52. The molecule has 0 spiro atoms. The third-order valence-electron chi connectivity index (χ3n) is 7.21. The highest BCUT2D eigenvalue weighted by molar-refractivity contribution is 6.30. The minimum absolute atomic E-state index is 0.0861. The van der Waals surface area contributed by atoms with Gasteiger partial charge in [0.1, 0.15) is 23.4 Å². The Morgan fingerprint density at radius 1 is 1.14 bits per heavy atom. The maximum absolute atomic E-state index is 14.4. The van der Waals surface area contributed by atoms with Crippen LogP contribution in [0.1, 0.15) is 42.2 Å². The molecule has 2 aromatic carbocycles. The number of aromatic nitrogens is 3. The van der Waals surface area contributed by atoms with Gasteiger partial charge in [0, 0.05) is 24.4 Å². The number of rotatable bonds is 5. The fraction of sp³-hybridized carbons (Fsp3) is 0.333. The van der Waals surface area contributed by atoms with E-state index in [9.17, 15) is 4.39 Å². The van der Waals surface area contributed by atoms with Crippen molar-refractivity contribution >= 4 is 28.3 Å². The van der Waals surface area contributed by atoms with Gasteiger partial charge in [-0.05, 0) is 68.7 Å². The van der Waals surface area contributed by atoms with Crippen molar-refractivity contribution in [1.29, 1.82) is 0 Å². The first-order valence-corrected chi connectivity index (χ1v) is 12.3. The van der Waals surface area contributed by atoms with Crippen molar-refractivity contribution in [3.63, 3.8) is 0 Å². The highest BCUT2D eigenvalue weighted by atomic mass is 35.5. The van der Waals surface area contributed by atoms with Crippen molar-refractivity contribution in [2.45, 2.75) is 44.9 Å². The van der Waals surface area contributed by atoms with Crippen LogP contribution in [-0.4, -0.2) is 34.7 Å². The van der Waals surface area contributed by atoms with Crippen LogP contribution < -0.4 is 4.90 Å². The molecule has 2 aliphatic rings. The number of hydrogen-bond donors (Lipinski definition) is 0. The first kappa shape index (κ1) is 23.1. The molecule has 1 aliphatic heterocycles.